The molecule has 24 heavy (non-hydrogen) atoms. The molecule has 7 nitrogen and oxygen atoms in total. The molecule has 0 aliphatic carbocycles. The number of aliphatic carboxylic acids is 1. The lowest BCUT2D eigenvalue weighted by atomic mass is 9.92. The number of hydrogen-bond acceptors (Lipinski definition) is 6. The zero-order chi connectivity index (χ0) is 17.9. The van der Waals surface area contributed by atoms with Gasteiger partial charge in [-0.3, -0.25) is 19.5 Å². The van der Waals surface area contributed by atoms with Crippen molar-refractivity contribution in [1.29, 1.82) is 0 Å². The van der Waals surface area contributed by atoms with Crippen LogP contribution in [-0.4, -0.2) is 45.2 Å². The van der Waals surface area contributed by atoms with Crippen LogP contribution in [0.2, 0.25) is 0 Å². The molecule has 3 atom stereocenters. The zero-order valence-corrected chi connectivity index (χ0v) is 14.3. The Morgan fingerprint density at radius 2 is 2.17 bits per heavy atom. The van der Waals surface area contributed by atoms with Crippen LogP contribution in [0.3, 0.4) is 0 Å². The topological polar surface area (TPSA) is 106 Å². The summed E-state index contributed by atoms with van der Waals surface area (Å²) in [6, 6.07) is 2.55. The number of rotatable bonds is 4. The molecule has 1 aromatic rings. The summed E-state index contributed by atoms with van der Waals surface area (Å²) in [5.41, 5.74) is 6.22. The number of ether oxygens (including phenoxy) is 1. The van der Waals surface area contributed by atoms with Crippen LogP contribution in [0.1, 0.15) is 45.2 Å². The van der Waals surface area contributed by atoms with Crippen molar-refractivity contribution in [1.82, 2.24) is 9.88 Å². The van der Waals surface area contributed by atoms with Crippen molar-refractivity contribution in [3.63, 3.8) is 0 Å². The first-order valence-corrected chi connectivity index (χ1v) is 8.06. The summed E-state index contributed by atoms with van der Waals surface area (Å²) in [5.74, 6) is -1.56. The summed E-state index contributed by atoms with van der Waals surface area (Å²) in [6.07, 6.45) is 3.49. The number of carbonyl (C=O) groups is 2. The number of nitrogens with two attached hydrogens (primary N) is 1. The molecule has 0 unspecified atom stereocenters. The molecular formula is C17H25N3O4. The predicted octanol–water partition coefficient (Wildman–Crippen LogP) is 1.55. The van der Waals surface area contributed by atoms with E-state index in [2.05, 4.69) is 4.98 Å². The molecule has 0 aromatic carbocycles. The minimum Gasteiger partial charge on any atom is -0.480 e. The van der Waals surface area contributed by atoms with Crippen molar-refractivity contribution < 1.29 is 19.4 Å². The minimum atomic E-state index is -0.978. The summed E-state index contributed by atoms with van der Waals surface area (Å²) in [4.78, 5) is 29.6. The highest BCUT2D eigenvalue weighted by Gasteiger charge is 2.38. The Morgan fingerprint density at radius 3 is 2.67 bits per heavy atom. The third-order valence-electron chi connectivity index (χ3n) is 3.99. The first-order valence-electron chi connectivity index (χ1n) is 8.06. The molecule has 0 radical (unpaired) electrons. The molecule has 2 rings (SSSR count). The van der Waals surface area contributed by atoms with Crippen molar-refractivity contribution in [2.24, 2.45) is 11.7 Å². The van der Waals surface area contributed by atoms with Crippen LogP contribution in [0.15, 0.2) is 24.5 Å². The fraction of sp³-hybridized carbons (Fsp3) is 0.588. The van der Waals surface area contributed by atoms with Gasteiger partial charge >= 0.3 is 11.9 Å². The number of hydrogen-bond donors (Lipinski definition) is 2. The van der Waals surface area contributed by atoms with Gasteiger partial charge in [-0.2, -0.15) is 0 Å². The largest absolute Gasteiger partial charge is 0.480 e. The zero-order valence-electron chi connectivity index (χ0n) is 14.3. The van der Waals surface area contributed by atoms with E-state index in [9.17, 15) is 14.7 Å². The third-order valence-corrected chi connectivity index (χ3v) is 3.99. The van der Waals surface area contributed by atoms with Crippen molar-refractivity contribution in [3.8, 4) is 0 Å². The first kappa shape index (κ1) is 18.4. The number of carbonyl (C=O) groups excluding carboxylic acids is 1. The second-order valence-electron chi connectivity index (χ2n) is 7.09. The number of carboxylic acids is 1. The van der Waals surface area contributed by atoms with Gasteiger partial charge in [0, 0.05) is 18.9 Å². The highest BCUT2D eigenvalue weighted by atomic mass is 16.6. The monoisotopic (exact) mass is 335 g/mol. The van der Waals surface area contributed by atoms with Gasteiger partial charge in [0.2, 0.25) is 0 Å². The molecule has 0 amide bonds. The predicted molar refractivity (Wildman–Crippen MR) is 87.9 cm³/mol. The van der Waals surface area contributed by atoms with Gasteiger partial charge in [0.1, 0.15) is 11.6 Å². The molecule has 1 aliphatic heterocycles. The Morgan fingerprint density at radius 1 is 1.46 bits per heavy atom. The summed E-state index contributed by atoms with van der Waals surface area (Å²) in [6.45, 7) is 5.88. The molecule has 1 aliphatic rings. The van der Waals surface area contributed by atoms with Crippen molar-refractivity contribution in [3.05, 3.63) is 30.1 Å². The van der Waals surface area contributed by atoms with Crippen LogP contribution in [0, 0.1) is 5.92 Å². The molecular weight excluding hydrogens is 310 g/mol. The lowest BCUT2D eigenvalue weighted by Gasteiger charge is -2.40. The smallest absolute Gasteiger partial charge is 0.325 e. The van der Waals surface area contributed by atoms with Crippen LogP contribution in [0.4, 0.5) is 0 Å². The van der Waals surface area contributed by atoms with Gasteiger partial charge in [-0.1, -0.05) is 6.07 Å². The van der Waals surface area contributed by atoms with E-state index in [0.29, 0.717) is 24.9 Å². The van der Waals surface area contributed by atoms with Gasteiger partial charge in [-0.25, -0.2) is 0 Å². The number of aromatic nitrogens is 1. The van der Waals surface area contributed by atoms with E-state index in [4.69, 9.17) is 10.5 Å². The normalized spacial score (nSPS) is 23.5. The van der Waals surface area contributed by atoms with Gasteiger partial charge in [0.05, 0.1) is 12.1 Å². The lowest BCUT2D eigenvalue weighted by molar-refractivity contribution is -0.163. The SMILES string of the molecule is CC(C)(C)OC(=O)[C@@H]1CCN([C@H](C(=O)O)c2cccnc2)[C@H](N)C1. The van der Waals surface area contributed by atoms with E-state index >= 15 is 0 Å². The summed E-state index contributed by atoms with van der Waals surface area (Å²) in [7, 11) is 0. The number of pyridine rings is 1. The van der Waals surface area contributed by atoms with E-state index in [1.54, 1.807) is 23.2 Å². The second kappa shape index (κ2) is 7.27. The van der Waals surface area contributed by atoms with Crippen molar-refractivity contribution in [2.75, 3.05) is 6.54 Å². The average molecular weight is 335 g/mol. The van der Waals surface area contributed by atoms with E-state index in [-0.39, 0.29) is 11.9 Å². The van der Waals surface area contributed by atoms with Gasteiger partial charge in [0.15, 0.2) is 0 Å². The van der Waals surface area contributed by atoms with E-state index in [1.165, 1.54) is 6.20 Å². The average Bonchev–Trinajstić information content (AvgIpc) is 2.48. The van der Waals surface area contributed by atoms with Gasteiger partial charge in [-0.05, 0) is 45.2 Å². The maximum Gasteiger partial charge on any atom is 0.325 e. The Kier molecular flexibility index (Phi) is 5.56. The molecule has 132 valence electrons. The van der Waals surface area contributed by atoms with Crippen LogP contribution >= 0.6 is 0 Å². The van der Waals surface area contributed by atoms with E-state index in [1.807, 2.05) is 20.8 Å². The van der Waals surface area contributed by atoms with Crippen LogP contribution in [0.25, 0.3) is 0 Å². The number of carboxylic acid groups (broad SMARTS) is 1. The standard InChI is InChI=1S/C17H25N3O4/c1-17(2,3)24-16(23)11-6-8-20(13(18)9-11)14(15(21)22)12-5-4-7-19-10-12/h4-5,7,10-11,13-14H,6,8-9,18H2,1-3H3,(H,21,22)/t11-,13+,14+/m1/s1. The lowest BCUT2D eigenvalue weighted by Crippen LogP contribution is -2.52. The number of piperidine rings is 1. The molecule has 1 fully saturated rings. The van der Waals surface area contributed by atoms with Crippen molar-refractivity contribution in [2.45, 2.75) is 51.4 Å². The molecule has 0 saturated carbocycles. The van der Waals surface area contributed by atoms with Gasteiger partial charge < -0.3 is 15.6 Å². The third kappa shape index (κ3) is 4.52. The maximum atomic E-state index is 12.2. The van der Waals surface area contributed by atoms with E-state index in [0.717, 1.165) is 0 Å². The van der Waals surface area contributed by atoms with Crippen molar-refractivity contribution >= 4 is 11.9 Å². The van der Waals surface area contributed by atoms with Crippen LogP contribution in [-0.2, 0) is 14.3 Å². The second-order valence-corrected chi connectivity index (χ2v) is 7.09. The Balaban J connectivity index is 2.09. The highest BCUT2D eigenvalue weighted by molar-refractivity contribution is 5.76. The minimum absolute atomic E-state index is 0.272. The van der Waals surface area contributed by atoms with Gasteiger partial charge in [0.25, 0.3) is 0 Å². The summed E-state index contributed by atoms with van der Waals surface area (Å²) in [5, 5.41) is 9.61. The maximum absolute atomic E-state index is 12.2. The Hall–Kier alpha value is -1.99. The van der Waals surface area contributed by atoms with Crippen LogP contribution in [0.5, 0.6) is 0 Å². The van der Waals surface area contributed by atoms with E-state index < -0.39 is 23.8 Å². The molecule has 0 bridgehead atoms. The summed E-state index contributed by atoms with van der Waals surface area (Å²) < 4.78 is 5.41. The fourth-order valence-corrected chi connectivity index (χ4v) is 2.95. The number of nitrogens with zero attached hydrogens (tertiary/aromatic N) is 2. The Bertz CT molecular complexity index is 585. The summed E-state index contributed by atoms with van der Waals surface area (Å²) >= 11 is 0. The molecule has 7 heteroatoms. The molecule has 2 heterocycles. The van der Waals surface area contributed by atoms with Gasteiger partial charge in [-0.15, -0.1) is 0 Å². The molecule has 0 spiro atoms. The number of esters is 1. The molecule has 3 N–H and O–H groups in total. The highest BCUT2D eigenvalue weighted by Crippen LogP contribution is 2.30. The van der Waals surface area contributed by atoms with Crippen LogP contribution < -0.4 is 5.73 Å². The number of likely N-dealkylation sites (tertiary alicyclic amines) is 1. The fourth-order valence-electron chi connectivity index (χ4n) is 2.95. The molecule has 1 saturated heterocycles. The first-order chi connectivity index (χ1) is 11.2. The molecule has 1 aromatic heterocycles. The quantitative estimate of drug-likeness (QED) is 0.804. The Labute approximate surface area is 141 Å².